The second kappa shape index (κ2) is 4.08. The quantitative estimate of drug-likeness (QED) is 0.630. The van der Waals surface area contributed by atoms with Gasteiger partial charge in [0, 0.05) is 0 Å². The summed E-state index contributed by atoms with van der Waals surface area (Å²) in [5, 5.41) is 8.76. The van der Waals surface area contributed by atoms with Crippen LogP contribution in [0.3, 0.4) is 0 Å². The van der Waals surface area contributed by atoms with E-state index in [1.54, 1.807) is 0 Å². The summed E-state index contributed by atoms with van der Waals surface area (Å²) in [6.45, 7) is 0.668. The summed E-state index contributed by atoms with van der Waals surface area (Å²) in [4.78, 5) is 0. The van der Waals surface area contributed by atoms with Crippen molar-refractivity contribution in [2.75, 3.05) is 6.61 Å². The number of hydrogen-bond acceptors (Lipinski definition) is 2. The predicted molar refractivity (Wildman–Crippen MR) is 53.6 cm³/mol. The molecule has 1 heterocycles. The van der Waals surface area contributed by atoms with Gasteiger partial charge in [-0.3, -0.25) is 0 Å². The first kappa shape index (κ1) is 8.98. The Kier molecular flexibility index (Phi) is 2.62. The van der Waals surface area contributed by atoms with Gasteiger partial charge in [-0.05, 0) is 24.1 Å². The highest BCUT2D eigenvalue weighted by Crippen LogP contribution is 2.24. The third-order valence-corrected chi connectivity index (χ3v) is 2.30. The minimum Gasteiger partial charge on any atom is -0.369 e. The van der Waals surface area contributed by atoms with Crippen LogP contribution in [0.5, 0.6) is 0 Å². The lowest BCUT2D eigenvalue weighted by Gasteiger charge is -2.19. The molecule has 0 fully saturated rings. The molecule has 1 aliphatic rings. The molecule has 14 heavy (non-hydrogen) atoms. The molecule has 0 saturated carbocycles. The van der Waals surface area contributed by atoms with E-state index in [9.17, 15) is 0 Å². The Balaban J connectivity index is 2.23. The van der Waals surface area contributed by atoms with Crippen molar-refractivity contribution < 1.29 is 4.74 Å². The van der Waals surface area contributed by atoms with Gasteiger partial charge in [-0.25, -0.2) is 0 Å². The molecule has 1 aromatic rings. The van der Waals surface area contributed by atoms with Gasteiger partial charge in [-0.1, -0.05) is 24.3 Å². The molecule has 70 valence electrons. The van der Waals surface area contributed by atoms with Crippen molar-refractivity contribution in [3.05, 3.63) is 47.5 Å². The van der Waals surface area contributed by atoms with E-state index in [1.807, 2.05) is 30.3 Å². The molecule has 0 aromatic heterocycles. The van der Waals surface area contributed by atoms with Crippen molar-refractivity contribution in [3.63, 3.8) is 0 Å². The lowest BCUT2D eigenvalue weighted by atomic mass is 10.0. The van der Waals surface area contributed by atoms with Crippen LogP contribution in [0.15, 0.2) is 36.4 Å². The van der Waals surface area contributed by atoms with Crippen LogP contribution >= 0.6 is 0 Å². The standard InChI is InChI=1S/C12H11NO/c13-9-10-4-3-5-11(8-10)12-6-1-2-7-14-12/h1-5,8,12H,6-7H2. The van der Waals surface area contributed by atoms with E-state index in [-0.39, 0.29) is 6.10 Å². The summed E-state index contributed by atoms with van der Waals surface area (Å²) in [6, 6.07) is 9.74. The zero-order valence-electron chi connectivity index (χ0n) is 7.81. The van der Waals surface area contributed by atoms with Gasteiger partial charge >= 0.3 is 0 Å². The smallest absolute Gasteiger partial charge is 0.0991 e. The second-order valence-corrected chi connectivity index (χ2v) is 3.27. The molecule has 0 radical (unpaired) electrons. The molecule has 0 spiro atoms. The van der Waals surface area contributed by atoms with Crippen molar-refractivity contribution >= 4 is 0 Å². The van der Waals surface area contributed by atoms with E-state index in [2.05, 4.69) is 12.1 Å². The maximum absolute atomic E-state index is 8.76. The topological polar surface area (TPSA) is 33.0 Å². The Bertz CT molecular complexity index is 390. The number of nitriles is 1. The van der Waals surface area contributed by atoms with Crippen molar-refractivity contribution in [2.45, 2.75) is 12.5 Å². The Hall–Kier alpha value is -1.59. The third kappa shape index (κ3) is 1.84. The maximum Gasteiger partial charge on any atom is 0.0991 e. The molecule has 2 rings (SSSR count). The largest absolute Gasteiger partial charge is 0.369 e. The van der Waals surface area contributed by atoms with Gasteiger partial charge in [-0.2, -0.15) is 5.26 Å². The maximum atomic E-state index is 8.76. The van der Waals surface area contributed by atoms with Crippen LogP contribution in [0.4, 0.5) is 0 Å². The zero-order valence-corrected chi connectivity index (χ0v) is 7.81. The minimum absolute atomic E-state index is 0.119. The van der Waals surface area contributed by atoms with Gasteiger partial charge in [0.2, 0.25) is 0 Å². The molecule has 1 atom stereocenters. The van der Waals surface area contributed by atoms with Gasteiger partial charge in [0.1, 0.15) is 0 Å². The molecule has 1 aromatic carbocycles. The van der Waals surface area contributed by atoms with Crippen molar-refractivity contribution in [1.29, 1.82) is 5.26 Å². The summed E-state index contributed by atoms with van der Waals surface area (Å²) >= 11 is 0. The fourth-order valence-corrected chi connectivity index (χ4v) is 1.57. The van der Waals surface area contributed by atoms with Crippen LogP contribution in [0, 0.1) is 11.3 Å². The molecule has 0 bridgehead atoms. The zero-order chi connectivity index (χ0) is 9.80. The first-order valence-corrected chi connectivity index (χ1v) is 4.67. The number of nitrogens with zero attached hydrogens (tertiary/aromatic N) is 1. The molecule has 0 N–H and O–H groups in total. The van der Waals surface area contributed by atoms with Crippen LogP contribution < -0.4 is 0 Å². The summed E-state index contributed by atoms with van der Waals surface area (Å²) in [5.74, 6) is 0. The monoisotopic (exact) mass is 185 g/mol. The normalized spacial score (nSPS) is 20.4. The van der Waals surface area contributed by atoms with Crippen molar-refractivity contribution in [3.8, 4) is 6.07 Å². The predicted octanol–water partition coefficient (Wildman–Crippen LogP) is 2.58. The highest BCUT2D eigenvalue weighted by Gasteiger charge is 2.12. The SMILES string of the molecule is N#Cc1cccc(C2CC=CCO2)c1. The molecule has 2 heteroatoms. The summed E-state index contributed by atoms with van der Waals surface area (Å²) in [5.41, 5.74) is 1.79. The van der Waals surface area contributed by atoms with Gasteiger partial charge in [0.05, 0.1) is 24.3 Å². The van der Waals surface area contributed by atoms with Crippen LogP contribution in [0.25, 0.3) is 0 Å². The average molecular weight is 185 g/mol. The van der Waals surface area contributed by atoms with E-state index in [0.717, 1.165) is 12.0 Å². The van der Waals surface area contributed by atoms with Crippen LogP contribution in [-0.2, 0) is 4.74 Å². The molecular weight excluding hydrogens is 174 g/mol. The van der Waals surface area contributed by atoms with E-state index in [1.165, 1.54) is 0 Å². The molecule has 1 unspecified atom stereocenters. The fraction of sp³-hybridized carbons (Fsp3) is 0.250. The van der Waals surface area contributed by atoms with Crippen molar-refractivity contribution in [2.24, 2.45) is 0 Å². The minimum atomic E-state index is 0.119. The number of benzene rings is 1. The second-order valence-electron chi connectivity index (χ2n) is 3.27. The number of hydrogen-bond donors (Lipinski definition) is 0. The first-order valence-electron chi connectivity index (χ1n) is 4.67. The first-order chi connectivity index (χ1) is 6.90. The summed E-state index contributed by atoms with van der Waals surface area (Å²) in [6.07, 6.45) is 5.15. The molecule has 1 aliphatic heterocycles. The molecule has 0 amide bonds. The van der Waals surface area contributed by atoms with E-state index in [0.29, 0.717) is 12.2 Å². The Morgan fingerprint density at radius 1 is 1.36 bits per heavy atom. The summed E-state index contributed by atoms with van der Waals surface area (Å²) < 4.78 is 5.57. The number of ether oxygens (including phenoxy) is 1. The van der Waals surface area contributed by atoms with Gasteiger partial charge in [0.15, 0.2) is 0 Å². The van der Waals surface area contributed by atoms with E-state index in [4.69, 9.17) is 10.00 Å². The highest BCUT2D eigenvalue weighted by molar-refractivity contribution is 5.34. The Morgan fingerprint density at radius 2 is 2.29 bits per heavy atom. The fourth-order valence-electron chi connectivity index (χ4n) is 1.57. The van der Waals surface area contributed by atoms with Crippen LogP contribution in [0.1, 0.15) is 23.7 Å². The molecule has 2 nitrogen and oxygen atoms in total. The van der Waals surface area contributed by atoms with Gasteiger partial charge in [-0.15, -0.1) is 0 Å². The highest BCUT2D eigenvalue weighted by atomic mass is 16.5. The van der Waals surface area contributed by atoms with Crippen LogP contribution in [-0.4, -0.2) is 6.61 Å². The third-order valence-electron chi connectivity index (χ3n) is 2.30. The molecular formula is C12H11NO. The molecule has 0 saturated heterocycles. The molecule has 0 aliphatic carbocycles. The van der Waals surface area contributed by atoms with Crippen LogP contribution in [0.2, 0.25) is 0 Å². The lowest BCUT2D eigenvalue weighted by Crippen LogP contribution is -2.07. The summed E-state index contributed by atoms with van der Waals surface area (Å²) in [7, 11) is 0. The Labute approximate surface area is 83.4 Å². The van der Waals surface area contributed by atoms with E-state index >= 15 is 0 Å². The Morgan fingerprint density at radius 3 is 3.00 bits per heavy atom. The van der Waals surface area contributed by atoms with Gasteiger partial charge in [0.25, 0.3) is 0 Å². The number of rotatable bonds is 1. The average Bonchev–Trinajstić information content (AvgIpc) is 2.30. The lowest BCUT2D eigenvalue weighted by molar-refractivity contribution is 0.0677. The van der Waals surface area contributed by atoms with Crippen molar-refractivity contribution in [1.82, 2.24) is 0 Å². The van der Waals surface area contributed by atoms with E-state index < -0.39 is 0 Å². The van der Waals surface area contributed by atoms with Gasteiger partial charge < -0.3 is 4.74 Å².